The molecule has 30 heavy (non-hydrogen) atoms. The summed E-state index contributed by atoms with van der Waals surface area (Å²) in [6, 6.07) is 3.56. The van der Waals surface area contributed by atoms with E-state index in [0.29, 0.717) is 17.2 Å². The van der Waals surface area contributed by atoms with Gasteiger partial charge >= 0.3 is 0 Å². The molecular weight excluding hydrogens is 382 g/mol. The highest BCUT2D eigenvalue weighted by Crippen LogP contribution is 2.39. The first-order valence-corrected chi connectivity index (χ1v) is 9.94. The highest BCUT2D eigenvalue weighted by atomic mass is 16.5. The molecule has 0 radical (unpaired) electrons. The van der Waals surface area contributed by atoms with E-state index in [1.54, 1.807) is 31.5 Å². The lowest BCUT2D eigenvalue weighted by atomic mass is 10.0. The fraction of sp³-hybridized carbons (Fsp3) is 0.364. The molecule has 4 heterocycles. The van der Waals surface area contributed by atoms with Crippen molar-refractivity contribution in [1.82, 2.24) is 19.7 Å². The molecule has 0 saturated carbocycles. The van der Waals surface area contributed by atoms with Crippen LogP contribution in [0.25, 0.3) is 11.3 Å². The SMILES string of the molecule is CCCn1cc(N2C(=O)c3c(C)cc(-c4cnc(OC)c(OC)c4)nc3C2C)cn1. The largest absolute Gasteiger partial charge is 0.491 e. The van der Waals surface area contributed by atoms with E-state index in [4.69, 9.17) is 14.5 Å². The summed E-state index contributed by atoms with van der Waals surface area (Å²) in [6.45, 7) is 6.84. The van der Waals surface area contributed by atoms with Crippen LogP contribution in [0.3, 0.4) is 0 Å². The average molecular weight is 407 g/mol. The molecule has 1 aliphatic heterocycles. The second-order valence-corrected chi connectivity index (χ2v) is 7.33. The van der Waals surface area contributed by atoms with E-state index >= 15 is 0 Å². The smallest absolute Gasteiger partial charge is 0.261 e. The number of hydrogen-bond acceptors (Lipinski definition) is 6. The number of aromatic nitrogens is 4. The third-order valence-electron chi connectivity index (χ3n) is 5.34. The van der Waals surface area contributed by atoms with Gasteiger partial charge in [-0.3, -0.25) is 14.4 Å². The second-order valence-electron chi connectivity index (χ2n) is 7.33. The van der Waals surface area contributed by atoms with E-state index in [1.807, 2.05) is 36.9 Å². The maximum Gasteiger partial charge on any atom is 0.261 e. The maximum atomic E-state index is 13.2. The van der Waals surface area contributed by atoms with Crippen molar-refractivity contribution in [1.29, 1.82) is 0 Å². The van der Waals surface area contributed by atoms with Gasteiger partial charge in [0.15, 0.2) is 5.75 Å². The van der Waals surface area contributed by atoms with E-state index in [2.05, 4.69) is 17.0 Å². The van der Waals surface area contributed by atoms with E-state index in [1.165, 1.54) is 0 Å². The molecule has 4 rings (SSSR count). The molecule has 8 heteroatoms. The summed E-state index contributed by atoms with van der Waals surface area (Å²) >= 11 is 0. The summed E-state index contributed by atoms with van der Waals surface area (Å²) in [7, 11) is 3.12. The van der Waals surface area contributed by atoms with Crippen LogP contribution in [0.15, 0.2) is 30.7 Å². The first-order valence-electron chi connectivity index (χ1n) is 9.94. The molecule has 3 aromatic rings. The number of anilines is 1. The molecule has 0 aliphatic carbocycles. The summed E-state index contributed by atoms with van der Waals surface area (Å²) in [4.78, 5) is 24.1. The molecule has 1 atom stereocenters. The van der Waals surface area contributed by atoms with Gasteiger partial charge in [0.2, 0.25) is 0 Å². The van der Waals surface area contributed by atoms with Crippen molar-refractivity contribution < 1.29 is 14.3 Å². The van der Waals surface area contributed by atoms with Crippen molar-refractivity contribution in [2.75, 3.05) is 19.1 Å². The van der Waals surface area contributed by atoms with Crippen molar-refractivity contribution in [3.8, 4) is 22.9 Å². The van der Waals surface area contributed by atoms with Crippen molar-refractivity contribution in [2.24, 2.45) is 0 Å². The third kappa shape index (κ3) is 3.18. The van der Waals surface area contributed by atoms with E-state index in [0.717, 1.165) is 41.2 Å². The average Bonchev–Trinajstić information content (AvgIpc) is 3.30. The van der Waals surface area contributed by atoms with Crippen LogP contribution in [-0.2, 0) is 6.54 Å². The molecule has 0 spiro atoms. The predicted molar refractivity (Wildman–Crippen MR) is 113 cm³/mol. The van der Waals surface area contributed by atoms with Crippen molar-refractivity contribution >= 4 is 11.6 Å². The van der Waals surface area contributed by atoms with Crippen LogP contribution in [0, 0.1) is 6.92 Å². The maximum absolute atomic E-state index is 13.2. The summed E-state index contributed by atoms with van der Waals surface area (Å²) in [5.74, 6) is 0.900. The Kier molecular flexibility index (Phi) is 5.15. The molecule has 8 nitrogen and oxygen atoms in total. The minimum absolute atomic E-state index is 0.0458. The molecule has 0 bridgehead atoms. The number of carbonyl (C=O) groups is 1. The number of pyridine rings is 2. The fourth-order valence-corrected chi connectivity index (χ4v) is 3.89. The Labute approximate surface area is 175 Å². The van der Waals surface area contributed by atoms with Crippen LogP contribution in [0.4, 0.5) is 5.69 Å². The topological polar surface area (TPSA) is 82.4 Å². The van der Waals surface area contributed by atoms with E-state index in [-0.39, 0.29) is 11.9 Å². The van der Waals surface area contributed by atoms with Gasteiger partial charge in [-0.1, -0.05) is 6.92 Å². The number of fused-ring (bicyclic) bond motifs is 1. The molecule has 1 unspecified atom stereocenters. The molecule has 3 aromatic heterocycles. The quantitative estimate of drug-likeness (QED) is 0.618. The molecule has 0 saturated heterocycles. The molecular formula is C22H25N5O3. The monoisotopic (exact) mass is 407 g/mol. The van der Waals surface area contributed by atoms with Gasteiger partial charge in [0.25, 0.3) is 11.8 Å². The lowest BCUT2D eigenvalue weighted by Gasteiger charge is -2.19. The minimum atomic E-state index is -0.196. The lowest BCUT2D eigenvalue weighted by Crippen LogP contribution is -2.26. The number of ether oxygens (including phenoxy) is 2. The molecule has 0 aromatic carbocycles. The van der Waals surface area contributed by atoms with Gasteiger partial charge in [-0.05, 0) is 38.0 Å². The first-order chi connectivity index (χ1) is 14.5. The number of hydrogen-bond donors (Lipinski definition) is 0. The third-order valence-corrected chi connectivity index (χ3v) is 5.34. The Morgan fingerprint density at radius 2 is 1.97 bits per heavy atom. The summed E-state index contributed by atoms with van der Waals surface area (Å²) in [5.41, 5.74) is 4.61. The van der Waals surface area contributed by atoms with Gasteiger partial charge < -0.3 is 9.47 Å². The zero-order chi connectivity index (χ0) is 21.4. The van der Waals surface area contributed by atoms with Crippen molar-refractivity contribution in [3.05, 3.63) is 47.5 Å². The van der Waals surface area contributed by atoms with Gasteiger partial charge in [0.05, 0.1) is 49.1 Å². The van der Waals surface area contributed by atoms with Gasteiger partial charge in [-0.15, -0.1) is 0 Å². The van der Waals surface area contributed by atoms with Crippen LogP contribution in [0.5, 0.6) is 11.6 Å². The Balaban J connectivity index is 1.74. The first kappa shape index (κ1) is 19.9. The van der Waals surface area contributed by atoms with Crippen LogP contribution in [0.1, 0.15) is 47.9 Å². The van der Waals surface area contributed by atoms with Gasteiger partial charge in [0, 0.05) is 24.5 Å². The number of rotatable bonds is 6. The Morgan fingerprint density at radius 3 is 2.67 bits per heavy atom. The zero-order valence-electron chi connectivity index (χ0n) is 17.8. The molecule has 156 valence electrons. The van der Waals surface area contributed by atoms with Crippen molar-refractivity contribution in [2.45, 2.75) is 39.8 Å². The fourth-order valence-electron chi connectivity index (χ4n) is 3.89. The van der Waals surface area contributed by atoms with Crippen LogP contribution >= 0.6 is 0 Å². The van der Waals surface area contributed by atoms with Crippen molar-refractivity contribution in [3.63, 3.8) is 0 Å². The second kappa shape index (κ2) is 7.78. The van der Waals surface area contributed by atoms with Crippen LogP contribution < -0.4 is 14.4 Å². The number of amides is 1. The van der Waals surface area contributed by atoms with E-state index in [9.17, 15) is 4.79 Å². The Morgan fingerprint density at radius 1 is 1.17 bits per heavy atom. The summed E-state index contributed by atoms with van der Waals surface area (Å²) < 4.78 is 12.5. The number of aryl methyl sites for hydroxylation is 2. The molecule has 1 aliphatic rings. The lowest BCUT2D eigenvalue weighted by molar-refractivity contribution is 0.0992. The van der Waals surface area contributed by atoms with Crippen LogP contribution in [0.2, 0.25) is 0 Å². The van der Waals surface area contributed by atoms with Gasteiger partial charge in [-0.25, -0.2) is 9.97 Å². The number of methoxy groups -OCH3 is 2. The highest BCUT2D eigenvalue weighted by Gasteiger charge is 2.38. The van der Waals surface area contributed by atoms with Gasteiger partial charge in [-0.2, -0.15) is 5.10 Å². The predicted octanol–water partition coefficient (Wildman–Crippen LogP) is 3.80. The Hall–Kier alpha value is -3.42. The minimum Gasteiger partial charge on any atom is -0.491 e. The summed E-state index contributed by atoms with van der Waals surface area (Å²) in [5, 5.41) is 4.37. The van der Waals surface area contributed by atoms with Gasteiger partial charge in [0.1, 0.15) is 0 Å². The van der Waals surface area contributed by atoms with E-state index < -0.39 is 0 Å². The summed E-state index contributed by atoms with van der Waals surface area (Å²) in [6.07, 6.45) is 6.33. The highest BCUT2D eigenvalue weighted by molar-refractivity contribution is 6.11. The Bertz CT molecular complexity index is 1110. The normalized spacial score (nSPS) is 15.4. The molecule has 0 fully saturated rings. The molecule has 0 N–H and O–H groups in total. The molecule has 1 amide bonds. The zero-order valence-corrected chi connectivity index (χ0v) is 17.8. The van der Waals surface area contributed by atoms with Crippen LogP contribution in [-0.4, -0.2) is 39.9 Å². The number of carbonyl (C=O) groups excluding carboxylic acids is 1. The number of nitrogens with zero attached hydrogens (tertiary/aromatic N) is 5. The standard InChI is InChI=1S/C22H25N5O3/c1-6-7-26-12-16(11-24-26)27-14(3)20-19(22(27)28)13(2)8-17(25-20)15-9-18(29-4)21(30-5)23-10-15/h8-12,14H,6-7H2,1-5H3.